The van der Waals surface area contributed by atoms with Crippen LogP contribution in [-0.2, 0) is 11.2 Å². The quantitative estimate of drug-likeness (QED) is 0.725. The Hall–Kier alpha value is -3.08. The van der Waals surface area contributed by atoms with E-state index < -0.39 is 0 Å². The molecule has 0 bridgehead atoms. The topological polar surface area (TPSA) is 50.2 Å². The Morgan fingerprint density at radius 2 is 1.71 bits per heavy atom. The minimum atomic E-state index is -0.0163. The highest BCUT2D eigenvalue weighted by Crippen LogP contribution is 2.24. The molecule has 1 aliphatic rings. The summed E-state index contributed by atoms with van der Waals surface area (Å²) in [4.78, 5) is 15.1. The van der Waals surface area contributed by atoms with Crippen LogP contribution in [0.3, 0.4) is 0 Å². The third kappa shape index (κ3) is 3.79. The number of anilines is 2. The third-order valence-electron chi connectivity index (χ3n) is 5.38. The van der Waals surface area contributed by atoms with Gasteiger partial charge in [0, 0.05) is 35.7 Å². The molecule has 0 radical (unpaired) electrons. The Bertz CT molecular complexity index is 972. The van der Waals surface area contributed by atoms with E-state index in [0.717, 1.165) is 41.4 Å². The van der Waals surface area contributed by atoms with Gasteiger partial charge in [0.1, 0.15) is 0 Å². The Balaban J connectivity index is 1.49. The molecule has 0 aliphatic carbocycles. The largest absolute Gasteiger partial charge is 0.371 e. The summed E-state index contributed by atoms with van der Waals surface area (Å²) in [6.07, 6.45) is 2.79. The second-order valence-electron chi connectivity index (χ2n) is 7.37. The van der Waals surface area contributed by atoms with Gasteiger partial charge in [-0.2, -0.15) is 5.10 Å². The van der Waals surface area contributed by atoms with Crippen molar-refractivity contribution in [2.45, 2.75) is 33.1 Å². The zero-order valence-corrected chi connectivity index (χ0v) is 16.5. The first-order valence-corrected chi connectivity index (χ1v) is 9.87. The number of hydrogen-bond donors (Lipinski definition) is 1. The molecule has 1 aliphatic heterocycles. The second-order valence-corrected chi connectivity index (χ2v) is 7.37. The monoisotopic (exact) mass is 374 g/mol. The van der Waals surface area contributed by atoms with Crippen molar-refractivity contribution in [1.82, 2.24) is 9.78 Å². The standard InChI is InChI=1S/C23H26N4O/c1-17-22(18(2)27(25-17)20-10-4-3-5-11-20)16-23(28)24-19-9-8-12-21(15-19)26-13-6-7-14-26/h3-5,8-12,15H,6-7,13-14,16H2,1-2H3,(H,24,28). The number of carbonyl (C=O) groups is 1. The van der Waals surface area contributed by atoms with Crippen molar-refractivity contribution >= 4 is 17.3 Å². The lowest BCUT2D eigenvalue weighted by Gasteiger charge is -2.18. The van der Waals surface area contributed by atoms with Gasteiger partial charge in [-0.25, -0.2) is 4.68 Å². The Labute approximate surface area is 166 Å². The third-order valence-corrected chi connectivity index (χ3v) is 5.38. The Morgan fingerprint density at radius 1 is 1.00 bits per heavy atom. The van der Waals surface area contributed by atoms with E-state index in [4.69, 9.17) is 0 Å². The molecule has 1 fully saturated rings. The van der Waals surface area contributed by atoms with Crippen LogP contribution < -0.4 is 10.2 Å². The summed E-state index contributed by atoms with van der Waals surface area (Å²) in [5.74, 6) is -0.0163. The summed E-state index contributed by atoms with van der Waals surface area (Å²) in [5.41, 5.74) is 5.91. The minimum Gasteiger partial charge on any atom is -0.371 e. The van der Waals surface area contributed by atoms with Crippen LogP contribution in [0.25, 0.3) is 5.69 Å². The van der Waals surface area contributed by atoms with Crippen molar-refractivity contribution in [3.05, 3.63) is 71.5 Å². The molecule has 5 nitrogen and oxygen atoms in total. The van der Waals surface area contributed by atoms with Gasteiger partial charge in [-0.15, -0.1) is 0 Å². The van der Waals surface area contributed by atoms with Gasteiger partial charge in [-0.3, -0.25) is 4.79 Å². The summed E-state index contributed by atoms with van der Waals surface area (Å²) >= 11 is 0. The van der Waals surface area contributed by atoms with E-state index >= 15 is 0 Å². The van der Waals surface area contributed by atoms with Crippen LogP contribution in [0.15, 0.2) is 54.6 Å². The molecule has 0 unspecified atom stereocenters. The average Bonchev–Trinajstić information content (AvgIpc) is 3.33. The molecule has 2 aromatic carbocycles. The van der Waals surface area contributed by atoms with Crippen molar-refractivity contribution in [3.8, 4) is 5.69 Å². The number of hydrogen-bond acceptors (Lipinski definition) is 3. The number of nitrogens with zero attached hydrogens (tertiary/aromatic N) is 3. The van der Waals surface area contributed by atoms with E-state index in [1.54, 1.807) is 0 Å². The summed E-state index contributed by atoms with van der Waals surface area (Å²) < 4.78 is 1.91. The molecule has 4 rings (SSSR count). The molecule has 144 valence electrons. The Morgan fingerprint density at radius 3 is 2.46 bits per heavy atom. The highest BCUT2D eigenvalue weighted by molar-refractivity contribution is 5.93. The number of aromatic nitrogens is 2. The van der Waals surface area contributed by atoms with Crippen molar-refractivity contribution < 1.29 is 4.79 Å². The maximum atomic E-state index is 12.7. The van der Waals surface area contributed by atoms with E-state index in [0.29, 0.717) is 6.42 Å². The summed E-state index contributed by atoms with van der Waals surface area (Å²) in [7, 11) is 0. The maximum absolute atomic E-state index is 12.7. The van der Waals surface area contributed by atoms with Crippen molar-refractivity contribution in [2.75, 3.05) is 23.3 Å². The molecule has 0 atom stereocenters. The van der Waals surface area contributed by atoms with Crippen LogP contribution in [0, 0.1) is 13.8 Å². The first-order chi connectivity index (χ1) is 13.6. The normalized spacial score (nSPS) is 13.7. The van der Waals surface area contributed by atoms with Crippen LogP contribution >= 0.6 is 0 Å². The fourth-order valence-corrected chi connectivity index (χ4v) is 3.87. The summed E-state index contributed by atoms with van der Waals surface area (Å²) in [6, 6.07) is 18.1. The molecule has 1 saturated heterocycles. The molecule has 1 aromatic heterocycles. The first-order valence-electron chi connectivity index (χ1n) is 9.87. The summed E-state index contributed by atoms with van der Waals surface area (Å²) in [5, 5.41) is 7.69. The van der Waals surface area contributed by atoms with Crippen molar-refractivity contribution in [1.29, 1.82) is 0 Å². The van der Waals surface area contributed by atoms with Crippen LogP contribution in [0.1, 0.15) is 29.8 Å². The zero-order chi connectivity index (χ0) is 19.5. The summed E-state index contributed by atoms with van der Waals surface area (Å²) in [6.45, 7) is 6.16. The van der Waals surface area contributed by atoms with E-state index in [9.17, 15) is 4.79 Å². The average molecular weight is 374 g/mol. The van der Waals surface area contributed by atoms with Gasteiger partial charge >= 0.3 is 0 Å². The van der Waals surface area contributed by atoms with Crippen molar-refractivity contribution in [2.24, 2.45) is 0 Å². The lowest BCUT2D eigenvalue weighted by atomic mass is 10.1. The predicted octanol–water partition coefficient (Wildman–Crippen LogP) is 4.27. The fraction of sp³-hybridized carbons (Fsp3) is 0.304. The number of nitrogens with one attached hydrogen (secondary N) is 1. The van der Waals surface area contributed by atoms with Crippen LogP contribution in [0.5, 0.6) is 0 Å². The van der Waals surface area contributed by atoms with Crippen molar-refractivity contribution in [3.63, 3.8) is 0 Å². The number of rotatable bonds is 5. The van der Waals surface area contributed by atoms with Gasteiger partial charge in [-0.1, -0.05) is 24.3 Å². The molecule has 2 heterocycles. The zero-order valence-electron chi connectivity index (χ0n) is 16.5. The lowest BCUT2D eigenvalue weighted by molar-refractivity contribution is -0.115. The SMILES string of the molecule is Cc1nn(-c2ccccc2)c(C)c1CC(=O)Nc1cccc(N2CCCC2)c1. The van der Waals surface area contributed by atoms with Gasteiger partial charge in [0.2, 0.25) is 5.91 Å². The molecule has 0 spiro atoms. The lowest BCUT2D eigenvalue weighted by Crippen LogP contribution is -2.19. The Kier molecular flexibility index (Phi) is 5.15. The van der Waals surface area contributed by atoms with Gasteiger partial charge in [0.15, 0.2) is 0 Å². The molecule has 1 N–H and O–H groups in total. The number of aryl methyl sites for hydroxylation is 1. The molecule has 3 aromatic rings. The van der Waals surface area contributed by atoms with Gasteiger partial charge < -0.3 is 10.2 Å². The predicted molar refractivity (Wildman–Crippen MR) is 113 cm³/mol. The minimum absolute atomic E-state index is 0.0163. The number of para-hydroxylation sites is 1. The highest BCUT2D eigenvalue weighted by Gasteiger charge is 2.17. The molecular formula is C23H26N4O. The van der Waals surface area contributed by atoms with Gasteiger partial charge in [0.05, 0.1) is 17.8 Å². The fourth-order valence-electron chi connectivity index (χ4n) is 3.87. The number of carbonyl (C=O) groups excluding carboxylic acids is 1. The molecular weight excluding hydrogens is 348 g/mol. The van der Waals surface area contributed by atoms with E-state index in [-0.39, 0.29) is 5.91 Å². The molecule has 28 heavy (non-hydrogen) atoms. The maximum Gasteiger partial charge on any atom is 0.228 e. The van der Waals surface area contributed by atoms with E-state index in [2.05, 4.69) is 27.4 Å². The van der Waals surface area contributed by atoms with E-state index in [1.165, 1.54) is 18.5 Å². The number of amides is 1. The molecule has 1 amide bonds. The van der Waals surface area contributed by atoms with Crippen LogP contribution in [0.4, 0.5) is 11.4 Å². The first kappa shape index (κ1) is 18.3. The molecule has 0 saturated carbocycles. The second kappa shape index (κ2) is 7.89. The van der Waals surface area contributed by atoms with Crippen LogP contribution in [0.2, 0.25) is 0 Å². The van der Waals surface area contributed by atoms with Crippen LogP contribution in [-0.4, -0.2) is 28.8 Å². The number of benzene rings is 2. The molecule has 5 heteroatoms. The van der Waals surface area contributed by atoms with Gasteiger partial charge in [0.25, 0.3) is 0 Å². The highest BCUT2D eigenvalue weighted by atomic mass is 16.1. The van der Waals surface area contributed by atoms with E-state index in [1.807, 2.05) is 61.0 Å². The van der Waals surface area contributed by atoms with Gasteiger partial charge in [-0.05, 0) is 57.0 Å². The smallest absolute Gasteiger partial charge is 0.228 e.